The van der Waals surface area contributed by atoms with Gasteiger partial charge in [0, 0.05) is 40.5 Å². The van der Waals surface area contributed by atoms with E-state index in [2.05, 4.69) is 47.5 Å². The van der Waals surface area contributed by atoms with Gasteiger partial charge >= 0.3 is 5.69 Å². The molecule has 0 aliphatic heterocycles. The van der Waals surface area contributed by atoms with Gasteiger partial charge in [0.15, 0.2) is 0 Å². The van der Waals surface area contributed by atoms with E-state index in [1.54, 1.807) is 20.2 Å². The van der Waals surface area contributed by atoms with Crippen LogP contribution in [-0.4, -0.2) is 26.9 Å². The van der Waals surface area contributed by atoms with Gasteiger partial charge in [0.25, 0.3) is 11.5 Å². The molecule has 170 valence electrons. The molecule has 3 aromatic heterocycles. The first-order chi connectivity index (χ1) is 15.8. The Balaban J connectivity index is 1.64. The summed E-state index contributed by atoms with van der Waals surface area (Å²) in [6.45, 7) is 2.10. The maximum atomic E-state index is 13.1. The second-order valence-electron chi connectivity index (χ2n) is 7.30. The van der Waals surface area contributed by atoms with Gasteiger partial charge in [-0.05, 0) is 74.2 Å². The molecule has 0 saturated heterocycles. The molecule has 8 nitrogen and oxygen atoms in total. The number of fused-ring (bicyclic) bond motifs is 1. The summed E-state index contributed by atoms with van der Waals surface area (Å²) in [7, 11) is 1.77. The largest absolute Gasteiger partial charge is 0.373 e. The summed E-state index contributed by atoms with van der Waals surface area (Å²) in [5.74, 6) is 0.386. The topological polar surface area (TPSA) is 97.5 Å². The van der Waals surface area contributed by atoms with Gasteiger partial charge in [0.2, 0.25) is 0 Å². The van der Waals surface area contributed by atoms with E-state index in [9.17, 15) is 14.4 Å². The zero-order valence-electron chi connectivity index (χ0n) is 17.7. The molecule has 0 atom stereocenters. The average Bonchev–Trinajstić information content (AvgIpc) is 3.27. The fourth-order valence-corrected chi connectivity index (χ4v) is 4.99. The normalized spacial score (nSPS) is 11.0. The third kappa shape index (κ3) is 4.80. The Morgan fingerprint density at radius 3 is 2.64 bits per heavy atom. The molecular weight excluding hydrogens is 574 g/mol. The van der Waals surface area contributed by atoms with Crippen LogP contribution in [0.25, 0.3) is 4.83 Å². The number of thiazole rings is 1. The second-order valence-corrected chi connectivity index (χ2v) is 10.0. The van der Waals surface area contributed by atoms with Crippen molar-refractivity contribution in [3.63, 3.8) is 0 Å². The molecular formula is C22H19Br2N5O3S. The number of hydrogen-bond donors (Lipinski definition) is 2. The molecule has 0 fully saturated rings. The van der Waals surface area contributed by atoms with Gasteiger partial charge in [-0.3, -0.25) is 18.6 Å². The summed E-state index contributed by atoms with van der Waals surface area (Å²) in [6, 6.07) is 9.20. The van der Waals surface area contributed by atoms with Gasteiger partial charge in [-0.1, -0.05) is 6.07 Å². The predicted octanol–water partition coefficient (Wildman–Crippen LogP) is 3.77. The average molecular weight is 593 g/mol. The van der Waals surface area contributed by atoms with Crippen LogP contribution in [0.2, 0.25) is 0 Å². The van der Waals surface area contributed by atoms with E-state index in [-0.39, 0.29) is 18.0 Å². The van der Waals surface area contributed by atoms with Crippen molar-refractivity contribution < 1.29 is 4.79 Å². The number of carbonyl (C=O) groups excluding carboxylic acids is 1. The van der Waals surface area contributed by atoms with Crippen molar-refractivity contribution in [3.8, 4) is 0 Å². The molecule has 0 unspecified atom stereocenters. The number of hydrogen-bond acceptors (Lipinski definition) is 6. The number of benzene rings is 1. The highest BCUT2D eigenvalue weighted by molar-refractivity contribution is 9.13. The summed E-state index contributed by atoms with van der Waals surface area (Å²) >= 11 is 7.98. The minimum atomic E-state index is -0.484. The van der Waals surface area contributed by atoms with Crippen molar-refractivity contribution in [2.75, 3.05) is 12.4 Å². The minimum Gasteiger partial charge on any atom is -0.373 e. The number of nitrogens with zero attached hydrogens (tertiary/aromatic N) is 3. The molecule has 0 saturated carbocycles. The van der Waals surface area contributed by atoms with Gasteiger partial charge in [0.05, 0.1) is 6.54 Å². The van der Waals surface area contributed by atoms with Crippen LogP contribution in [0.4, 0.5) is 5.82 Å². The van der Waals surface area contributed by atoms with Crippen LogP contribution in [0.15, 0.2) is 61.3 Å². The summed E-state index contributed by atoms with van der Waals surface area (Å²) in [6.07, 6.45) is 3.15. The van der Waals surface area contributed by atoms with Gasteiger partial charge in [-0.15, -0.1) is 11.3 Å². The Morgan fingerprint density at radius 1 is 1.12 bits per heavy atom. The minimum absolute atomic E-state index is 0.126. The number of carbonyl (C=O) groups is 1. The summed E-state index contributed by atoms with van der Waals surface area (Å²) in [4.78, 5) is 43.8. The standard InChI is InChI=1S/C22H19Br2N5O3S/c1-12-20(31)28(10-14-3-4-15(23)16(24)7-14)22(32)29-11-17(33-21(12)29)19(30)27-9-13-5-6-26-18(8-13)25-2/h3-8,11H,9-10H2,1-2H3,(H,25,26)(H,27,30). The zero-order chi connectivity index (χ0) is 23.7. The van der Waals surface area contributed by atoms with E-state index in [1.165, 1.54) is 15.2 Å². The molecule has 0 bridgehead atoms. The van der Waals surface area contributed by atoms with E-state index in [1.807, 2.05) is 30.3 Å². The first kappa shape index (κ1) is 23.4. The zero-order valence-corrected chi connectivity index (χ0v) is 21.7. The van der Waals surface area contributed by atoms with Gasteiger partial charge in [0.1, 0.15) is 15.5 Å². The van der Waals surface area contributed by atoms with Crippen LogP contribution in [0.3, 0.4) is 0 Å². The molecule has 11 heteroatoms. The van der Waals surface area contributed by atoms with Crippen LogP contribution in [0.1, 0.15) is 26.4 Å². The highest BCUT2D eigenvalue weighted by Gasteiger charge is 2.18. The SMILES string of the molecule is CNc1cc(CNC(=O)c2cn3c(=O)n(Cc4ccc(Br)c(Br)c4)c(=O)c(C)c3s2)ccn1. The van der Waals surface area contributed by atoms with Crippen molar-refractivity contribution in [2.45, 2.75) is 20.0 Å². The lowest BCUT2D eigenvalue weighted by Gasteiger charge is -2.08. The smallest absolute Gasteiger partial charge is 0.336 e. The Labute approximate surface area is 209 Å². The Kier molecular flexibility index (Phi) is 6.82. The number of aromatic nitrogens is 3. The predicted molar refractivity (Wildman–Crippen MR) is 136 cm³/mol. The fraction of sp³-hybridized carbons (Fsp3) is 0.182. The van der Waals surface area contributed by atoms with E-state index < -0.39 is 5.69 Å². The summed E-state index contributed by atoms with van der Waals surface area (Å²) in [5, 5.41) is 5.81. The molecule has 1 aromatic carbocycles. The fourth-order valence-electron chi connectivity index (χ4n) is 3.32. The molecule has 4 aromatic rings. The highest BCUT2D eigenvalue weighted by atomic mass is 79.9. The van der Waals surface area contributed by atoms with Crippen molar-refractivity contribution >= 4 is 59.8 Å². The van der Waals surface area contributed by atoms with Crippen LogP contribution in [0.5, 0.6) is 0 Å². The van der Waals surface area contributed by atoms with Crippen LogP contribution in [-0.2, 0) is 13.1 Å². The van der Waals surface area contributed by atoms with E-state index >= 15 is 0 Å². The number of nitrogens with one attached hydrogen (secondary N) is 2. The molecule has 1 amide bonds. The second kappa shape index (κ2) is 9.62. The first-order valence-corrected chi connectivity index (χ1v) is 12.3. The monoisotopic (exact) mass is 591 g/mol. The molecule has 0 spiro atoms. The number of halogens is 2. The summed E-state index contributed by atoms with van der Waals surface area (Å²) < 4.78 is 4.26. The molecule has 0 aliphatic carbocycles. The number of pyridine rings is 1. The van der Waals surface area contributed by atoms with Crippen LogP contribution < -0.4 is 21.9 Å². The Morgan fingerprint density at radius 2 is 1.91 bits per heavy atom. The molecule has 4 rings (SSSR count). The van der Waals surface area contributed by atoms with Crippen molar-refractivity contribution in [1.82, 2.24) is 19.3 Å². The number of amides is 1. The molecule has 0 aliphatic rings. The van der Waals surface area contributed by atoms with E-state index in [0.29, 0.717) is 27.6 Å². The van der Waals surface area contributed by atoms with Crippen molar-refractivity contribution in [2.24, 2.45) is 0 Å². The maximum Gasteiger partial charge on any atom is 0.336 e. The lowest BCUT2D eigenvalue weighted by atomic mass is 10.2. The molecule has 33 heavy (non-hydrogen) atoms. The van der Waals surface area contributed by atoms with Crippen molar-refractivity contribution in [3.05, 3.63) is 94.1 Å². The number of anilines is 1. The van der Waals surface area contributed by atoms with Crippen LogP contribution in [0, 0.1) is 6.92 Å². The van der Waals surface area contributed by atoms with Gasteiger partial charge in [-0.25, -0.2) is 9.78 Å². The van der Waals surface area contributed by atoms with Crippen LogP contribution >= 0.6 is 43.2 Å². The Hall–Kier alpha value is -2.76. The lowest BCUT2D eigenvalue weighted by Crippen LogP contribution is -2.38. The molecule has 0 radical (unpaired) electrons. The van der Waals surface area contributed by atoms with E-state index in [4.69, 9.17) is 0 Å². The highest BCUT2D eigenvalue weighted by Crippen LogP contribution is 2.24. The number of aryl methyl sites for hydroxylation is 1. The quantitative estimate of drug-likeness (QED) is 0.355. The lowest BCUT2D eigenvalue weighted by molar-refractivity contribution is 0.0954. The van der Waals surface area contributed by atoms with Crippen molar-refractivity contribution in [1.29, 1.82) is 0 Å². The first-order valence-electron chi connectivity index (χ1n) is 9.89. The number of rotatable bonds is 6. The van der Waals surface area contributed by atoms with E-state index in [0.717, 1.165) is 31.4 Å². The third-order valence-electron chi connectivity index (χ3n) is 5.08. The van der Waals surface area contributed by atoms with Gasteiger partial charge < -0.3 is 10.6 Å². The summed E-state index contributed by atoms with van der Waals surface area (Å²) in [5.41, 5.74) is 1.25. The third-order valence-corrected chi connectivity index (χ3v) is 8.16. The molecule has 2 N–H and O–H groups in total. The Bertz CT molecular complexity index is 1490. The maximum absolute atomic E-state index is 13.1. The molecule has 3 heterocycles. The van der Waals surface area contributed by atoms with Gasteiger partial charge in [-0.2, -0.15) is 0 Å².